The predicted octanol–water partition coefficient (Wildman–Crippen LogP) is 3.00. The summed E-state index contributed by atoms with van der Waals surface area (Å²) >= 11 is 2.12. The number of imide groups is 1. The van der Waals surface area contributed by atoms with Crippen LogP contribution in [-0.2, 0) is 21.0 Å². The van der Waals surface area contributed by atoms with Crippen molar-refractivity contribution in [2.75, 3.05) is 6.54 Å². The van der Waals surface area contributed by atoms with E-state index in [9.17, 15) is 24.3 Å². The summed E-state index contributed by atoms with van der Waals surface area (Å²) in [6, 6.07) is 15.2. The van der Waals surface area contributed by atoms with Crippen LogP contribution in [0, 0.1) is 12.8 Å². The number of carbonyl (C=O) groups is 3. The van der Waals surface area contributed by atoms with E-state index >= 15 is 0 Å². The van der Waals surface area contributed by atoms with Crippen molar-refractivity contribution in [1.82, 2.24) is 9.88 Å². The molecule has 2 amide bonds. The molecule has 2 N–H and O–H groups in total. The number of hydrogen-bond donors (Lipinski definition) is 2. The van der Waals surface area contributed by atoms with E-state index in [1.807, 2.05) is 49.4 Å². The molecule has 2 aliphatic heterocycles. The van der Waals surface area contributed by atoms with Crippen molar-refractivity contribution < 1.29 is 24.2 Å². The van der Waals surface area contributed by atoms with Gasteiger partial charge in [-0.3, -0.25) is 24.1 Å². The molecule has 1 aromatic heterocycles. The molecule has 0 aliphatic carbocycles. The highest BCUT2D eigenvalue weighted by Crippen LogP contribution is 2.53. The number of likely N-dealkylation sites (tertiary alicyclic amines) is 1. The topological polar surface area (TPSA) is 117 Å². The first kappa shape index (κ1) is 22.4. The van der Waals surface area contributed by atoms with Crippen LogP contribution in [0.25, 0.3) is 0 Å². The van der Waals surface area contributed by atoms with Gasteiger partial charge in [0.2, 0.25) is 11.8 Å². The number of rotatable bonds is 6. The molecule has 1 fully saturated rings. The minimum Gasteiger partial charge on any atom is -0.489 e. The third-order valence-corrected chi connectivity index (χ3v) is 8.38. The van der Waals surface area contributed by atoms with E-state index in [2.05, 4.69) is 4.98 Å². The number of aliphatic carboxylic acids is 1. The number of hydrogen-bond acceptors (Lipinski definition) is 7. The van der Waals surface area contributed by atoms with Gasteiger partial charge in [-0.1, -0.05) is 71.1 Å². The Kier molecular flexibility index (Phi) is 5.78. The highest BCUT2D eigenvalue weighted by Gasteiger charge is 2.56. The van der Waals surface area contributed by atoms with Crippen molar-refractivity contribution in [3.05, 3.63) is 79.8 Å². The van der Waals surface area contributed by atoms with Crippen molar-refractivity contribution >= 4 is 40.9 Å². The summed E-state index contributed by atoms with van der Waals surface area (Å²) < 4.78 is 6.15. The van der Waals surface area contributed by atoms with Crippen molar-refractivity contribution in [3.63, 3.8) is 0 Å². The van der Waals surface area contributed by atoms with Gasteiger partial charge in [0.05, 0.1) is 10.9 Å². The van der Waals surface area contributed by atoms with Crippen molar-refractivity contribution in [2.24, 2.45) is 5.92 Å². The molecule has 2 aromatic carbocycles. The molecule has 8 nitrogen and oxygen atoms in total. The molecule has 3 atom stereocenters. The number of para-hydroxylation sites is 1. The number of aromatic nitrogens is 1. The average Bonchev–Trinajstić information content (AvgIpc) is 3.29. The Labute approximate surface area is 202 Å². The quantitative estimate of drug-likeness (QED) is 0.504. The molecule has 3 aromatic rings. The number of carboxylic acids is 1. The van der Waals surface area contributed by atoms with Gasteiger partial charge in [0.1, 0.15) is 24.2 Å². The maximum Gasteiger partial charge on any atom is 0.323 e. The van der Waals surface area contributed by atoms with Crippen LogP contribution in [0.4, 0.5) is 0 Å². The number of aryl methyl sites for hydroxylation is 1. The molecule has 2 aliphatic rings. The summed E-state index contributed by atoms with van der Waals surface area (Å²) in [5, 5.41) is 8.93. The predicted molar refractivity (Wildman–Crippen MR) is 126 cm³/mol. The fraction of sp³-hybridized carbons (Fsp3) is 0.250. The van der Waals surface area contributed by atoms with E-state index in [0.717, 1.165) is 39.1 Å². The molecule has 1 saturated heterocycles. The Bertz CT molecular complexity index is 1350. The second-order valence-corrected chi connectivity index (χ2v) is 10.4. The van der Waals surface area contributed by atoms with Crippen LogP contribution >= 0.6 is 23.1 Å². The Morgan fingerprint density at radius 1 is 1.09 bits per heavy atom. The van der Waals surface area contributed by atoms with Crippen molar-refractivity contribution in [1.29, 1.82) is 0 Å². The molecule has 5 rings (SSSR count). The lowest BCUT2D eigenvalue weighted by atomic mass is 9.82. The Balaban J connectivity index is 1.55. The second kappa shape index (κ2) is 8.77. The number of carbonyl (C=O) groups excluding carboxylic acids is 2. The highest BCUT2D eigenvalue weighted by molar-refractivity contribution is 8.00. The van der Waals surface area contributed by atoms with Gasteiger partial charge in [-0.15, -0.1) is 0 Å². The largest absolute Gasteiger partial charge is 0.489 e. The van der Waals surface area contributed by atoms with E-state index in [-0.39, 0.29) is 4.87 Å². The van der Waals surface area contributed by atoms with Crippen LogP contribution in [0.1, 0.15) is 27.5 Å². The summed E-state index contributed by atoms with van der Waals surface area (Å²) in [6.45, 7) is 1.62. The minimum absolute atomic E-state index is 0.275. The van der Waals surface area contributed by atoms with Gasteiger partial charge in [-0.2, -0.15) is 0 Å². The van der Waals surface area contributed by atoms with Crippen molar-refractivity contribution in [2.45, 2.75) is 29.7 Å². The van der Waals surface area contributed by atoms with Gasteiger partial charge in [0.15, 0.2) is 0 Å². The number of benzene rings is 2. The summed E-state index contributed by atoms with van der Waals surface area (Å²) in [7, 11) is 0. The minimum atomic E-state index is -1.26. The summed E-state index contributed by atoms with van der Waals surface area (Å²) in [6.07, 6.45) is 0. The van der Waals surface area contributed by atoms with E-state index in [1.165, 1.54) is 0 Å². The standard InChI is InChI=1S/C24H20N2O6S2/c1-12-6-8-13(9-7-12)11-32-15-5-3-2-4-14(15)17-18-20(33-21-19(17)34-24(31)25-21)23(30)26(22(18)29)10-16(27)28/h2-9,17-18,20H,10-11H2,1H3,(H,25,31)(H,27,28)/t17-,18?,20?/m1/s1. The number of ether oxygens (including phenoxy) is 1. The maximum absolute atomic E-state index is 13.3. The fourth-order valence-corrected chi connectivity index (χ4v) is 6.94. The molecule has 0 spiro atoms. The monoisotopic (exact) mass is 496 g/mol. The van der Waals surface area contributed by atoms with Gasteiger partial charge in [0.25, 0.3) is 0 Å². The molecule has 3 heterocycles. The number of aromatic amines is 1. The normalized spacial score (nSPS) is 21.3. The fourth-order valence-electron chi connectivity index (χ4n) is 4.41. The second-order valence-electron chi connectivity index (χ2n) is 8.22. The molecule has 2 unspecified atom stereocenters. The zero-order valence-electron chi connectivity index (χ0n) is 18.0. The number of H-pyrrole nitrogens is 1. The van der Waals surface area contributed by atoms with Crippen molar-refractivity contribution in [3.8, 4) is 5.75 Å². The first-order valence-electron chi connectivity index (χ1n) is 10.6. The zero-order valence-corrected chi connectivity index (χ0v) is 19.7. The van der Waals surface area contributed by atoms with Gasteiger partial charge >= 0.3 is 10.8 Å². The van der Waals surface area contributed by atoms with Crippen LogP contribution in [0.2, 0.25) is 0 Å². The van der Waals surface area contributed by atoms with E-state index in [1.54, 1.807) is 6.07 Å². The lowest BCUT2D eigenvalue weighted by molar-refractivity contribution is -0.149. The number of nitrogens with one attached hydrogen (secondary N) is 1. The van der Waals surface area contributed by atoms with Gasteiger partial charge in [0, 0.05) is 16.4 Å². The lowest BCUT2D eigenvalue weighted by Crippen LogP contribution is -2.36. The number of fused-ring (bicyclic) bond motifs is 2. The van der Waals surface area contributed by atoms with Crippen LogP contribution in [0.15, 0.2) is 58.4 Å². The lowest BCUT2D eigenvalue weighted by Gasteiger charge is -2.30. The number of nitrogens with zero attached hydrogens (tertiary/aromatic N) is 1. The van der Waals surface area contributed by atoms with E-state index in [4.69, 9.17) is 4.74 Å². The number of amides is 2. The zero-order chi connectivity index (χ0) is 24.0. The Hall–Kier alpha value is -3.37. The summed E-state index contributed by atoms with van der Waals surface area (Å²) in [5.41, 5.74) is 2.80. The first-order valence-corrected chi connectivity index (χ1v) is 12.3. The van der Waals surface area contributed by atoms with Gasteiger partial charge in [-0.05, 0) is 18.6 Å². The maximum atomic E-state index is 13.3. The molecule has 0 bridgehead atoms. The SMILES string of the molecule is Cc1ccc(COc2ccccc2[C@H]2c3sc(=O)[nH]c3SC3C(=O)N(CC(=O)O)C(=O)C32)cc1. The molecular weight excluding hydrogens is 476 g/mol. The number of thiazole rings is 1. The smallest absolute Gasteiger partial charge is 0.323 e. The summed E-state index contributed by atoms with van der Waals surface area (Å²) in [4.78, 5) is 53.8. The number of thioether (sulfide) groups is 1. The molecule has 0 saturated carbocycles. The van der Waals surface area contributed by atoms with Crippen LogP contribution in [0.3, 0.4) is 0 Å². The molecule has 34 heavy (non-hydrogen) atoms. The van der Waals surface area contributed by atoms with Gasteiger partial charge < -0.3 is 14.8 Å². The Morgan fingerprint density at radius 3 is 2.56 bits per heavy atom. The van der Waals surface area contributed by atoms with E-state index in [0.29, 0.717) is 27.8 Å². The molecule has 0 radical (unpaired) electrons. The van der Waals surface area contributed by atoms with Crippen LogP contribution in [-0.4, -0.2) is 44.6 Å². The average molecular weight is 497 g/mol. The first-order chi connectivity index (χ1) is 16.3. The summed E-state index contributed by atoms with van der Waals surface area (Å²) in [5.74, 6) is -3.26. The third kappa shape index (κ3) is 3.92. The molecule has 10 heteroatoms. The third-order valence-electron chi connectivity index (χ3n) is 5.98. The highest BCUT2D eigenvalue weighted by atomic mass is 32.2. The van der Waals surface area contributed by atoms with Crippen LogP contribution < -0.4 is 9.61 Å². The van der Waals surface area contributed by atoms with E-state index < -0.39 is 41.4 Å². The molecule has 174 valence electrons. The molecular formula is C24H20N2O6S2. The van der Waals surface area contributed by atoms with Crippen LogP contribution in [0.5, 0.6) is 5.75 Å². The Morgan fingerprint density at radius 2 is 1.82 bits per heavy atom. The number of carboxylic acid groups (broad SMARTS) is 1. The van der Waals surface area contributed by atoms with Gasteiger partial charge in [-0.25, -0.2) is 0 Å².